The van der Waals surface area contributed by atoms with Crippen LogP contribution in [0.1, 0.15) is 16.8 Å². The zero-order valence-electron chi connectivity index (χ0n) is 12.7. The Bertz CT molecular complexity index is 932. The molecule has 0 aromatic carbocycles. The van der Waals surface area contributed by atoms with Crippen molar-refractivity contribution in [3.63, 3.8) is 0 Å². The van der Waals surface area contributed by atoms with Crippen LogP contribution < -0.4 is 10.5 Å². The Morgan fingerprint density at radius 3 is 2.83 bits per heavy atom. The second-order valence-electron chi connectivity index (χ2n) is 4.88. The lowest BCUT2D eigenvalue weighted by Gasteiger charge is -2.10. The molecule has 2 N–H and O–H groups in total. The van der Waals surface area contributed by atoms with Gasteiger partial charge in [-0.3, -0.25) is 4.98 Å². The first kappa shape index (κ1) is 15.8. The molecule has 0 aliphatic heterocycles. The minimum atomic E-state index is -0.0377. The Kier molecular flexibility index (Phi) is 4.31. The second kappa shape index (κ2) is 6.56. The average molecular weight is 342 g/mol. The number of nitrogens with two attached hydrogens (primary N) is 1. The molecular formula is C16H12ClN5O2. The summed E-state index contributed by atoms with van der Waals surface area (Å²) in [5.74, 6) is 0.339. The molecule has 0 saturated carbocycles. The van der Waals surface area contributed by atoms with Crippen molar-refractivity contribution in [2.24, 2.45) is 0 Å². The molecular weight excluding hydrogens is 330 g/mol. The number of nitrogen functional groups attached to an aromatic ring is 1. The van der Waals surface area contributed by atoms with E-state index < -0.39 is 0 Å². The first-order chi connectivity index (χ1) is 11.6. The Morgan fingerprint density at radius 1 is 1.33 bits per heavy atom. The number of aryl methyl sites for hydroxylation is 1. The smallest absolute Gasteiger partial charge is 0.237 e. The van der Waals surface area contributed by atoms with Gasteiger partial charge < -0.3 is 14.9 Å². The third-order valence-electron chi connectivity index (χ3n) is 3.27. The number of anilines is 1. The predicted octanol–water partition coefficient (Wildman–Crippen LogP) is 3.13. The maximum atomic E-state index is 9.47. The minimum absolute atomic E-state index is 0.0377. The number of nitrogens with zero attached hydrogens (tertiary/aromatic N) is 4. The maximum absolute atomic E-state index is 9.47. The van der Waals surface area contributed by atoms with E-state index >= 15 is 0 Å². The molecule has 24 heavy (non-hydrogen) atoms. The number of hydrogen-bond donors (Lipinski definition) is 1. The third-order valence-corrected chi connectivity index (χ3v) is 3.48. The first-order valence-corrected chi connectivity index (χ1v) is 7.33. The van der Waals surface area contributed by atoms with Crippen molar-refractivity contribution in [1.29, 1.82) is 5.26 Å². The van der Waals surface area contributed by atoms with Crippen molar-refractivity contribution < 1.29 is 9.15 Å². The van der Waals surface area contributed by atoms with E-state index in [4.69, 9.17) is 26.5 Å². The Hall–Kier alpha value is -3.11. The Morgan fingerprint density at radius 2 is 2.17 bits per heavy atom. The molecule has 0 atom stereocenters. The highest BCUT2D eigenvalue weighted by molar-refractivity contribution is 6.29. The van der Waals surface area contributed by atoms with Crippen LogP contribution >= 0.6 is 11.6 Å². The van der Waals surface area contributed by atoms with Crippen LogP contribution in [-0.4, -0.2) is 15.0 Å². The lowest BCUT2D eigenvalue weighted by Crippen LogP contribution is -2.07. The van der Waals surface area contributed by atoms with Gasteiger partial charge in [-0.15, -0.1) is 0 Å². The van der Waals surface area contributed by atoms with Crippen LogP contribution in [0.4, 0.5) is 5.95 Å². The van der Waals surface area contributed by atoms with Crippen LogP contribution in [0.5, 0.6) is 5.88 Å². The van der Waals surface area contributed by atoms with Crippen molar-refractivity contribution in [2.45, 2.75) is 13.5 Å². The number of pyridine rings is 1. The standard InChI is InChI=1S/C16H12ClN5O2/c1-9-3-2-6-20-11(9)8-23-15-10(7-18)14(21-16(19)22-15)12-4-5-13(17)24-12/h2-6H,8H2,1H3,(H2,19,21,22). The molecule has 0 bridgehead atoms. The lowest BCUT2D eigenvalue weighted by atomic mass is 10.2. The lowest BCUT2D eigenvalue weighted by molar-refractivity contribution is 0.287. The molecule has 0 aliphatic carbocycles. The zero-order valence-corrected chi connectivity index (χ0v) is 13.4. The molecule has 8 heteroatoms. The third kappa shape index (κ3) is 3.14. The maximum Gasteiger partial charge on any atom is 0.237 e. The normalized spacial score (nSPS) is 10.4. The number of aromatic nitrogens is 3. The Balaban J connectivity index is 1.98. The van der Waals surface area contributed by atoms with Gasteiger partial charge in [0.05, 0.1) is 5.69 Å². The molecule has 3 aromatic rings. The zero-order chi connectivity index (χ0) is 17.1. The van der Waals surface area contributed by atoms with Crippen molar-refractivity contribution in [3.8, 4) is 23.4 Å². The van der Waals surface area contributed by atoms with E-state index in [0.717, 1.165) is 11.3 Å². The molecule has 3 aromatic heterocycles. The van der Waals surface area contributed by atoms with Crippen molar-refractivity contribution in [3.05, 3.63) is 52.5 Å². The largest absolute Gasteiger partial charge is 0.470 e. The van der Waals surface area contributed by atoms with Gasteiger partial charge >= 0.3 is 0 Å². The molecule has 0 spiro atoms. The summed E-state index contributed by atoms with van der Waals surface area (Å²) in [6, 6.07) is 8.92. The highest BCUT2D eigenvalue weighted by Crippen LogP contribution is 2.31. The summed E-state index contributed by atoms with van der Waals surface area (Å²) < 4.78 is 11.0. The van der Waals surface area contributed by atoms with E-state index in [2.05, 4.69) is 15.0 Å². The van der Waals surface area contributed by atoms with Crippen LogP contribution in [-0.2, 0) is 6.61 Å². The number of rotatable bonds is 4. The molecule has 0 fully saturated rings. The molecule has 7 nitrogen and oxygen atoms in total. The van der Waals surface area contributed by atoms with E-state index in [9.17, 15) is 5.26 Å². The molecule has 3 rings (SSSR count). The first-order valence-electron chi connectivity index (χ1n) is 6.95. The number of hydrogen-bond acceptors (Lipinski definition) is 7. The van der Waals surface area contributed by atoms with Crippen LogP contribution in [0.2, 0.25) is 5.22 Å². The molecule has 0 saturated heterocycles. The fourth-order valence-electron chi connectivity index (χ4n) is 2.09. The van der Waals surface area contributed by atoms with E-state index in [1.54, 1.807) is 18.3 Å². The van der Waals surface area contributed by atoms with Gasteiger partial charge in [0.1, 0.15) is 23.9 Å². The van der Waals surface area contributed by atoms with Crippen molar-refractivity contribution in [2.75, 3.05) is 5.73 Å². The quantitative estimate of drug-likeness (QED) is 0.775. The molecule has 0 aliphatic rings. The SMILES string of the molecule is Cc1cccnc1COc1nc(N)nc(-c2ccc(Cl)o2)c1C#N. The highest BCUT2D eigenvalue weighted by Gasteiger charge is 2.19. The summed E-state index contributed by atoms with van der Waals surface area (Å²) in [4.78, 5) is 12.3. The summed E-state index contributed by atoms with van der Waals surface area (Å²) in [7, 11) is 0. The summed E-state index contributed by atoms with van der Waals surface area (Å²) in [5.41, 5.74) is 7.77. The molecule has 0 radical (unpaired) electrons. The highest BCUT2D eigenvalue weighted by atomic mass is 35.5. The fraction of sp³-hybridized carbons (Fsp3) is 0.125. The van der Waals surface area contributed by atoms with Crippen LogP contribution in [0, 0.1) is 18.3 Å². The van der Waals surface area contributed by atoms with Gasteiger partial charge in [0.15, 0.2) is 11.0 Å². The topological polar surface area (TPSA) is 111 Å². The van der Waals surface area contributed by atoms with Gasteiger partial charge in [-0.2, -0.15) is 10.2 Å². The predicted molar refractivity (Wildman–Crippen MR) is 87.2 cm³/mol. The summed E-state index contributed by atoms with van der Waals surface area (Å²) >= 11 is 5.78. The molecule has 0 amide bonds. The summed E-state index contributed by atoms with van der Waals surface area (Å²) in [5, 5.41) is 9.65. The van der Waals surface area contributed by atoms with Gasteiger partial charge in [0.2, 0.25) is 11.8 Å². The number of furan rings is 1. The number of ether oxygens (including phenoxy) is 1. The van der Waals surface area contributed by atoms with Crippen molar-refractivity contribution in [1.82, 2.24) is 15.0 Å². The summed E-state index contributed by atoms with van der Waals surface area (Å²) in [6.45, 7) is 2.07. The molecule has 0 unspecified atom stereocenters. The van der Waals surface area contributed by atoms with E-state index in [-0.39, 0.29) is 34.9 Å². The van der Waals surface area contributed by atoms with Gasteiger partial charge in [0, 0.05) is 6.20 Å². The van der Waals surface area contributed by atoms with E-state index in [1.807, 2.05) is 25.1 Å². The average Bonchev–Trinajstić information content (AvgIpc) is 3.00. The van der Waals surface area contributed by atoms with Gasteiger partial charge in [-0.25, -0.2) is 4.98 Å². The fourth-order valence-corrected chi connectivity index (χ4v) is 2.23. The summed E-state index contributed by atoms with van der Waals surface area (Å²) in [6.07, 6.45) is 1.67. The monoisotopic (exact) mass is 341 g/mol. The number of nitriles is 1. The van der Waals surface area contributed by atoms with Crippen LogP contribution in [0.3, 0.4) is 0 Å². The van der Waals surface area contributed by atoms with Gasteiger partial charge in [-0.05, 0) is 42.3 Å². The number of halogens is 1. The van der Waals surface area contributed by atoms with Crippen LogP contribution in [0.25, 0.3) is 11.5 Å². The van der Waals surface area contributed by atoms with E-state index in [1.165, 1.54) is 0 Å². The van der Waals surface area contributed by atoms with Gasteiger partial charge in [-0.1, -0.05) is 6.07 Å². The van der Waals surface area contributed by atoms with Crippen molar-refractivity contribution >= 4 is 17.5 Å². The van der Waals surface area contributed by atoms with Gasteiger partial charge in [0.25, 0.3) is 0 Å². The van der Waals surface area contributed by atoms with E-state index in [0.29, 0.717) is 5.76 Å². The second-order valence-corrected chi connectivity index (χ2v) is 5.25. The molecule has 3 heterocycles. The minimum Gasteiger partial charge on any atom is -0.470 e. The van der Waals surface area contributed by atoms with Crippen LogP contribution in [0.15, 0.2) is 34.9 Å². The molecule has 120 valence electrons. The Labute approximate surface area is 142 Å².